The van der Waals surface area contributed by atoms with E-state index in [9.17, 15) is 0 Å². The number of hydrogen-bond acceptors (Lipinski definition) is 4. The lowest BCUT2D eigenvalue weighted by Gasteiger charge is -2.25. The molecule has 0 fully saturated rings. The number of nitrogens with one attached hydrogen (secondary N) is 1. The molecule has 1 aliphatic rings. The molecular formula is C20H20N4. The van der Waals surface area contributed by atoms with Gasteiger partial charge >= 0.3 is 0 Å². The van der Waals surface area contributed by atoms with E-state index in [0.717, 1.165) is 37.2 Å². The van der Waals surface area contributed by atoms with Crippen molar-refractivity contribution in [2.24, 2.45) is 0 Å². The summed E-state index contributed by atoms with van der Waals surface area (Å²) in [6.45, 7) is 0.818. The fourth-order valence-corrected chi connectivity index (χ4v) is 3.23. The first kappa shape index (κ1) is 15.0. The van der Waals surface area contributed by atoms with Crippen LogP contribution in [0.3, 0.4) is 0 Å². The Labute approximate surface area is 142 Å². The number of nitrogens with zero attached hydrogens (tertiary/aromatic N) is 3. The zero-order valence-corrected chi connectivity index (χ0v) is 13.5. The van der Waals surface area contributed by atoms with Crippen molar-refractivity contribution in [1.82, 2.24) is 20.3 Å². The molecule has 4 heteroatoms. The number of rotatable bonds is 4. The summed E-state index contributed by atoms with van der Waals surface area (Å²) in [5.41, 5.74) is 4.70. The van der Waals surface area contributed by atoms with Gasteiger partial charge in [-0.25, -0.2) is 9.97 Å². The monoisotopic (exact) mass is 316 g/mol. The predicted molar refractivity (Wildman–Crippen MR) is 94.2 cm³/mol. The molecule has 4 rings (SSSR count). The van der Waals surface area contributed by atoms with Gasteiger partial charge in [-0.15, -0.1) is 0 Å². The van der Waals surface area contributed by atoms with E-state index in [-0.39, 0.29) is 0 Å². The summed E-state index contributed by atoms with van der Waals surface area (Å²) < 4.78 is 0. The zero-order chi connectivity index (χ0) is 16.2. The van der Waals surface area contributed by atoms with E-state index >= 15 is 0 Å². The highest BCUT2D eigenvalue weighted by molar-refractivity contribution is 5.55. The van der Waals surface area contributed by atoms with Crippen LogP contribution < -0.4 is 5.32 Å². The molecule has 0 spiro atoms. The fraction of sp³-hybridized carbons (Fsp3) is 0.250. The molecule has 1 N–H and O–H groups in total. The first-order valence-electron chi connectivity index (χ1n) is 8.44. The second-order valence-electron chi connectivity index (χ2n) is 6.15. The third kappa shape index (κ3) is 3.19. The maximum Gasteiger partial charge on any atom is 0.159 e. The van der Waals surface area contributed by atoms with E-state index < -0.39 is 0 Å². The second-order valence-corrected chi connectivity index (χ2v) is 6.15. The van der Waals surface area contributed by atoms with Crippen molar-refractivity contribution in [3.8, 4) is 11.4 Å². The summed E-state index contributed by atoms with van der Waals surface area (Å²) in [5.74, 6) is 0.822. The molecule has 1 aromatic carbocycles. The van der Waals surface area contributed by atoms with Gasteiger partial charge in [0.25, 0.3) is 0 Å². The second kappa shape index (κ2) is 6.89. The van der Waals surface area contributed by atoms with Crippen LogP contribution in [0.15, 0.2) is 61.1 Å². The normalized spacial score (nSPS) is 16.6. The molecule has 0 radical (unpaired) electrons. The van der Waals surface area contributed by atoms with Gasteiger partial charge in [0.2, 0.25) is 0 Å². The molecular weight excluding hydrogens is 296 g/mol. The Morgan fingerprint density at radius 2 is 1.96 bits per heavy atom. The molecule has 1 aliphatic carbocycles. The molecule has 0 amide bonds. The first-order chi connectivity index (χ1) is 11.9. The highest BCUT2D eigenvalue weighted by atomic mass is 14.9. The van der Waals surface area contributed by atoms with Crippen LogP contribution in [0.2, 0.25) is 0 Å². The molecule has 1 atom stereocenters. The zero-order valence-electron chi connectivity index (χ0n) is 13.5. The number of fused-ring (bicyclic) bond motifs is 1. The van der Waals surface area contributed by atoms with Crippen molar-refractivity contribution < 1.29 is 0 Å². The SMILES string of the molecule is c1ccc(-c2ncc3c(n2)CCCC3NCc2cccnc2)cc1. The lowest BCUT2D eigenvalue weighted by molar-refractivity contribution is 0.452. The van der Waals surface area contributed by atoms with E-state index in [4.69, 9.17) is 4.98 Å². The van der Waals surface area contributed by atoms with Crippen molar-refractivity contribution in [1.29, 1.82) is 0 Å². The number of benzene rings is 1. The Morgan fingerprint density at radius 1 is 1.04 bits per heavy atom. The third-order valence-electron chi connectivity index (χ3n) is 4.49. The number of pyridine rings is 1. The topological polar surface area (TPSA) is 50.7 Å². The van der Waals surface area contributed by atoms with Gasteiger partial charge in [-0.3, -0.25) is 4.98 Å². The molecule has 0 bridgehead atoms. The largest absolute Gasteiger partial charge is 0.306 e. The summed E-state index contributed by atoms with van der Waals surface area (Å²) in [7, 11) is 0. The van der Waals surface area contributed by atoms with E-state index in [1.165, 1.54) is 16.8 Å². The molecule has 4 nitrogen and oxygen atoms in total. The minimum atomic E-state index is 0.318. The van der Waals surface area contributed by atoms with E-state index in [0.29, 0.717) is 6.04 Å². The fourth-order valence-electron chi connectivity index (χ4n) is 3.23. The van der Waals surface area contributed by atoms with Crippen LogP contribution in [0.5, 0.6) is 0 Å². The third-order valence-corrected chi connectivity index (χ3v) is 4.49. The average molecular weight is 316 g/mol. The van der Waals surface area contributed by atoms with Gasteiger partial charge in [0, 0.05) is 48.0 Å². The van der Waals surface area contributed by atoms with Crippen molar-refractivity contribution in [3.63, 3.8) is 0 Å². The Bertz CT molecular complexity index is 802. The predicted octanol–water partition coefficient (Wildman–Crippen LogP) is 3.71. The van der Waals surface area contributed by atoms with Gasteiger partial charge in [0.05, 0.1) is 0 Å². The standard InChI is InChI=1S/C20H20N4/c1-2-7-16(8-3-1)20-23-14-17-18(9-4-10-19(17)24-20)22-13-15-6-5-11-21-12-15/h1-3,5-8,11-12,14,18,22H,4,9-10,13H2. The summed E-state index contributed by atoms with van der Waals surface area (Å²) in [6.07, 6.45) is 9.03. The van der Waals surface area contributed by atoms with Gasteiger partial charge < -0.3 is 5.32 Å². The Hall–Kier alpha value is -2.59. The quantitative estimate of drug-likeness (QED) is 0.797. The van der Waals surface area contributed by atoms with Crippen LogP contribution in [-0.2, 0) is 13.0 Å². The highest BCUT2D eigenvalue weighted by Crippen LogP contribution is 2.29. The molecule has 3 aromatic rings. The molecule has 0 aliphatic heterocycles. The Morgan fingerprint density at radius 3 is 2.79 bits per heavy atom. The lowest BCUT2D eigenvalue weighted by atomic mass is 9.92. The summed E-state index contributed by atoms with van der Waals surface area (Å²) >= 11 is 0. The maximum absolute atomic E-state index is 4.83. The van der Waals surface area contributed by atoms with Crippen molar-refractivity contribution in [2.75, 3.05) is 0 Å². The molecule has 120 valence electrons. The number of hydrogen-bond donors (Lipinski definition) is 1. The van der Waals surface area contributed by atoms with Gasteiger partial charge in [-0.1, -0.05) is 36.4 Å². The molecule has 0 saturated carbocycles. The van der Waals surface area contributed by atoms with Crippen molar-refractivity contribution in [3.05, 3.63) is 77.9 Å². The van der Waals surface area contributed by atoms with E-state index in [1.54, 1.807) is 6.20 Å². The van der Waals surface area contributed by atoms with Crippen LogP contribution in [0.25, 0.3) is 11.4 Å². The van der Waals surface area contributed by atoms with Crippen LogP contribution in [0, 0.1) is 0 Å². The smallest absolute Gasteiger partial charge is 0.159 e. The minimum absolute atomic E-state index is 0.318. The van der Waals surface area contributed by atoms with Gasteiger partial charge in [0.15, 0.2) is 5.82 Å². The summed E-state index contributed by atoms with van der Waals surface area (Å²) in [4.78, 5) is 13.6. The van der Waals surface area contributed by atoms with Crippen molar-refractivity contribution in [2.45, 2.75) is 31.8 Å². The average Bonchev–Trinajstić information content (AvgIpc) is 2.67. The van der Waals surface area contributed by atoms with Crippen LogP contribution in [0.1, 0.15) is 35.7 Å². The Balaban J connectivity index is 1.55. The Kier molecular flexibility index (Phi) is 4.30. The molecule has 0 saturated heterocycles. The number of aryl methyl sites for hydroxylation is 1. The van der Waals surface area contributed by atoms with Crippen LogP contribution in [0.4, 0.5) is 0 Å². The van der Waals surface area contributed by atoms with Gasteiger partial charge in [-0.2, -0.15) is 0 Å². The van der Waals surface area contributed by atoms with Crippen LogP contribution in [-0.4, -0.2) is 15.0 Å². The van der Waals surface area contributed by atoms with Gasteiger partial charge in [-0.05, 0) is 30.9 Å². The van der Waals surface area contributed by atoms with Crippen LogP contribution >= 0.6 is 0 Å². The summed E-state index contributed by atoms with van der Waals surface area (Å²) in [6, 6.07) is 14.6. The lowest BCUT2D eigenvalue weighted by Crippen LogP contribution is -2.26. The van der Waals surface area contributed by atoms with Gasteiger partial charge in [0.1, 0.15) is 0 Å². The highest BCUT2D eigenvalue weighted by Gasteiger charge is 2.22. The molecule has 24 heavy (non-hydrogen) atoms. The number of aromatic nitrogens is 3. The van der Waals surface area contributed by atoms with E-state index in [2.05, 4.69) is 33.5 Å². The molecule has 1 unspecified atom stereocenters. The van der Waals surface area contributed by atoms with Crippen molar-refractivity contribution >= 4 is 0 Å². The molecule has 2 aromatic heterocycles. The minimum Gasteiger partial charge on any atom is -0.306 e. The summed E-state index contributed by atoms with van der Waals surface area (Å²) in [5, 5.41) is 3.63. The molecule has 2 heterocycles. The first-order valence-corrected chi connectivity index (χ1v) is 8.44. The van der Waals surface area contributed by atoms with E-state index in [1.807, 2.05) is 36.7 Å². The maximum atomic E-state index is 4.83.